The van der Waals surface area contributed by atoms with Crippen LogP contribution in [0.1, 0.15) is 24.5 Å². The van der Waals surface area contributed by atoms with Gasteiger partial charge in [0.25, 0.3) is 0 Å². The smallest absolute Gasteiger partial charge is 0.370 e. The highest BCUT2D eigenvalue weighted by Gasteiger charge is 2.32. The Morgan fingerprint density at radius 2 is 2.05 bits per heavy atom. The van der Waals surface area contributed by atoms with Gasteiger partial charge in [0.2, 0.25) is 0 Å². The minimum atomic E-state index is -4.41. The molecule has 0 fully saturated rings. The Morgan fingerprint density at radius 1 is 1.30 bits per heavy atom. The molecule has 0 aliphatic heterocycles. The molecular formula is C12H14F3N5. The van der Waals surface area contributed by atoms with Crippen molar-refractivity contribution in [2.75, 3.05) is 11.9 Å². The fourth-order valence-electron chi connectivity index (χ4n) is 1.68. The topological polar surface area (TPSA) is 55.6 Å². The van der Waals surface area contributed by atoms with Gasteiger partial charge in [-0.15, -0.1) is 0 Å². The molecule has 0 amide bonds. The van der Waals surface area contributed by atoms with Gasteiger partial charge in [0.1, 0.15) is 12.1 Å². The average molecular weight is 285 g/mol. The number of aromatic nitrogens is 4. The molecule has 0 aliphatic carbocycles. The van der Waals surface area contributed by atoms with Crippen molar-refractivity contribution < 1.29 is 13.2 Å². The largest absolute Gasteiger partial charge is 0.419 e. The SMILES string of the molecule is CCCNc1ncnc(-n2cc(C(F)(F)F)cn2)c1C. The van der Waals surface area contributed by atoms with Gasteiger partial charge in [-0.3, -0.25) is 0 Å². The third-order valence-electron chi connectivity index (χ3n) is 2.73. The average Bonchev–Trinajstić information content (AvgIpc) is 2.87. The number of nitrogens with one attached hydrogen (secondary N) is 1. The van der Waals surface area contributed by atoms with Crippen LogP contribution < -0.4 is 5.32 Å². The van der Waals surface area contributed by atoms with E-state index in [1.807, 2.05) is 6.92 Å². The molecule has 0 unspecified atom stereocenters. The molecule has 8 heteroatoms. The van der Waals surface area contributed by atoms with Crippen molar-refractivity contribution in [1.29, 1.82) is 0 Å². The molecule has 20 heavy (non-hydrogen) atoms. The third kappa shape index (κ3) is 2.89. The number of alkyl halides is 3. The van der Waals surface area contributed by atoms with Gasteiger partial charge < -0.3 is 5.32 Å². The molecule has 0 atom stereocenters. The molecule has 0 spiro atoms. The van der Waals surface area contributed by atoms with E-state index in [-0.39, 0.29) is 0 Å². The molecule has 2 aromatic rings. The second-order valence-electron chi connectivity index (χ2n) is 4.27. The minimum Gasteiger partial charge on any atom is -0.370 e. The van der Waals surface area contributed by atoms with Crippen LogP contribution in [0.15, 0.2) is 18.7 Å². The van der Waals surface area contributed by atoms with Crippen molar-refractivity contribution in [3.63, 3.8) is 0 Å². The molecule has 0 saturated carbocycles. The Hall–Kier alpha value is -2.12. The van der Waals surface area contributed by atoms with Crippen LogP contribution in [-0.4, -0.2) is 26.3 Å². The molecule has 1 N–H and O–H groups in total. The van der Waals surface area contributed by atoms with E-state index in [4.69, 9.17) is 0 Å². The number of hydrogen-bond acceptors (Lipinski definition) is 4. The maximum Gasteiger partial charge on any atom is 0.419 e. The lowest BCUT2D eigenvalue weighted by atomic mass is 10.3. The van der Waals surface area contributed by atoms with Gasteiger partial charge in [-0.2, -0.15) is 18.3 Å². The van der Waals surface area contributed by atoms with Crippen molar-refractivity contribution in [1.82, 2.24) is 19.7 Å². The molecule has 2 aromatic heterocycles. The van der Waals surface area contributed by atoms with Gasteiger partial charge in [0.15, 0.2) is 5.82 Å². The molecule has 0 radical (unpaired) electrons. The zero-order valence-electron chi connectivity index (χ0n) is 11.1. The zero-order valence-corrected chi connectivity index (χ0v) is 11.1. The molecule has 0 bridgehead atoms. The molecule has 0 aromatic carbocycles. The van der Waals surface area contributed by atoms with Crippen LogP contribution in [0.25, 0.3) is 5.82 Å². The Morgan fingerprint density at radius 3 is 2.65 bits per heavy atom. The Labute approximate surface area is 113 Å². The third-order valence-corrected chi connectivity index (χ3v) is 2.73. The molecular weight excluding hydrogens is 271 g/mol. The summed E-state index contributed by atoms with van der Waals surface area (Å²) >= 11 is 0. The summed E-state index contributed by atoms with van der Waals surface area (Å²) in [5.74, 6) is 0.926. The second-order valence-corrected chi connectivity index (χ2v) is 4.27. The van der Waals surface area contributed by atoms with E-state index in [9.17, 15) is 13.2 Å². The second kappa shape index (κ2) is 5.48. The van der Waals surface area contributed by atoms with Gasteiger partial charge in [-0.05, 0) is 13.3 Å². The number of anilines is 1. The quantitative estimate of drug-likeness (QED) is 0.938. The van der Waals surface area contributed by atoms with Crippen molar-refractivity contribution >= 4 is 5.82 Å². The summed E-state index contributed by atoms with van der Waals surface area (Å²) in [5, 5.41) is 6.81. The highest BCUT2D eigenvalue weighted by atomic mass is 19.4. The van der Waals surface area contributed by atoms with Crippen LogP contribution in [0.4, 0.5) is 19.0 Å². The van der Waals surface area contributed by atoms with E-state index in [1.165, 1.54) is 6.33 Å². The van der Waals surface area contributed by atoms with Crippen LogP contribution >= 0.6 is 0 Å². The first kappa shape index (κ1) is 14.3. The predicted molar refractivity (Wildman–Crippen MR) is 67.7 cm³/mol. The molecule has 5 nitrogen and oxygen atoms in total. The van der Waals surface area contributed by atoms with Gasteiger partial charge >= 0.3 is 6.18 Å². The molecule has 2 rings (SSSR count). The lowest BCUT2D eigenvalue weighted by Crippen LogP contribution is -2.09. The van der Waals surface area contributed by atoms with Crippen LogP contribution in [0.3, 0.4) is 0 Å². The summed E-state index contributed by atoms with van der Waals surface area (Å²) in [6.07, 6.45) is -0.504. The van der Waals surface area contributed by atoms with Crippen molar-refractivity contribution in [3.05, 3.63) is 29.8 Å². The zero-order chi connectivity index (χ0) is 14.8. The van der Waals surface area contributed by atoms with Gasteiger partial charge in [-0.25, -0.2) is 14.6 Å². The van der Waals surface area contributed by atoms with E-state index in [0.29, 0.717) is 17.2 Å². The van der Waals surface area contributed by atoms with Crippen molar-refractivity contribution in [2.24, 2.45) is 0 Å². The Kier molecular flexibility index (Phi) is 3.91. The number of halogens is 3. The molecule has 2 heterocycles. The van der Waals surface area contributed by atoms with Gasteiger partial charge in [-0.1, -0.05) is 6.92 Å². The van der Waals surface area contributed by atoms with Crippen LogP contribution in [0.2, 0.25) is 0 Å². The fraction of sp³-hybridized carbons (Fsp3) is 0.417. The monoisotopic (exact) mass is 285 g/mol. The lowest BCUT2D eigenvalue weighted by Gasteiger charge is -2.10. The van der Waals surface area contributed by atoms with E-state index in [1.54, 1.807) is 6.92 Å². The van der Waals surface area contributed by atoms with E-state index in [0.717, 1.165) is 30.0 Å². The highest BCUT2D eigenvalue weighted by Crippen LogP contribution is 2.29. The summed E-state index contributed by atoms with van der Waals surface area (Å²) in [6, 6.07) is 0. The first-order chi connectivity index (χ1) is 9.43. The standard InChI is InChI=1S/C12H14F3N5/c1-3-4-16-10-8(2)11(18-7-17-10)20-6-9(5-19-20)12(13,14)15/h5-7H,3-4H2,1-2H3,(H,16,17,18). The first-order valence-corrected chi connectivity index (χ1v) is 6.11. The summed E-state index contributed by atoms with van der Waals surface area (Å²) < 4.78 is 38.8. The Balaban J connectivity index is 2.35. The summed E-state index contributed by atoms with van der Waals surface area (Å²) in [7, 11) is 0. The van der Waals surface area contributed by atoms with Gasteiger partial charge in [0.05, 0.1) is 11.8 Å². The van der Waals surface area contributed by atoms with E-state index in [2.05, 4.69) is 20.4 Å². The molecule has 108 valence electrons. The lowest BCUT2D eigenvalue weighted by molar-refractivity contribution is -0.137. The van der Waals surface area contributed by atoms with Crippen molar-refractivity contribution in [3.8, 4) is 5.82 Å². The summed E-state index contributed by atoms with van der Waals surface area (Å²) in [6.45, 7) is 4.47. The van der Waals surface area contributed by atoms with Crippen LogP contribution in [0.5, 0.6) is 0 Å². The number of hydrogen-bond donors (Lipinski definition) is 1. The molecule has 0 saturated heterocycles. The minimum absolute atomic E-state index is 0.328. The van der Waals surface area contributed by atoms with E-state index < -0.39 is 11.7 Å². The van der Waals surface area contributed by atoms with Gasteiger partial charge in [0, 0.05) is 18.3 Å². The molecule has 0 aliphatic rings. The van der Waals surface area contributed by atoms with E-state index >= 15 is 0 Å². The summed E-state index contributed by atoms with van der Waals surface area (Å²) in [5.41, 5.74) is -0.156. The summed E-state index contributed by atoms with van der Waals surface area (Å²) in [4.78, 5) is 8.07. The predicted octanol–water partition coefficient (Wildman–Crippen LogP) is 2.81. The van der Waals surface area contributed by atoms with Crippen molar-refractivity contribution in [2.45, 2.75) is 26.4 Å². The first-order valence-electron chi connectivity index (χ1n) is 6.11. The van der Waals surface area contributed by atoms with Crippen LogP contribution in [-0.2, 0) is 6.18 Å². The maximum absolute atomic E-state index is 12.6. The highest BCUT2D eigenvalue weighted by molar-refractivity contribution is 5.50. The number of rotatable bonds is 4. The number of nitrogens with zero attached hydrogens (tertiary/aromatic N) is 4. The normalized spacial score (nSPS) is 11.7. The maximum atomic E-state index is 12.6. The Bertz CT molecular complexity index is 591. The fourth-order valence-corrected chi connectivity index (χ4v) is 1.68. The van der Waals surface area contributed by atoms with Crippen LogP contribution in [0, 0.1) is 6.92 Å².